The maximum absolute atomic E-state index is 4.59. The zero-order valence-corrected chi connectivity index (χ0v) is 12.5. The number of hydrogen-bond acceptors (Lipinski definition) is 3. The predicted octanol–water partition coefficient (Wildman–Crippen LogP) is 2.90. The summed E-state index contributed by atoms with van der Waals surface area (Å²) < 4.78 is 0. The first-order valence-electron chi connectivity index (χ1n) is 8.19. The van der Waals surface area contributed by atoms with Crippen LogP contribution >= 0.6 is 0 Å². The molecular formula is C18H23N3. The van der Waals surface area contributed by atoms with E-state index < -0.39 is 0 Å². The van der Waals surface area contributed by atoms with Crippen molar-refractivity contribution in [3.05, 3.63) is 42.1 Å². The molecule has 2 saturated heterocycles. The Bertz CT molecular complexity index is 619. The van der Waals surface area contributed by atoms with Crippen molar-refractivity contribution in [2.45, 2.75) is 31.8 Å². The van der Waals surface area contributed by atoms with Crippen LogP contribution < -0.4 is 0 Å². The lowest BCUT2D eigenvalue weighted by Crippen LogP contribution is -2.54. The van der Waals surface area contributed by atoms with Crippen molar-refractivity contribution in [3.63, 3.8) is 0 Å². The molecule has 0 radical (unpaired) electrons. The molecule has 0 spiro atoms. The Morgan fingerprint density at radius 2 is 2.00 bits per heavy atom. The van der Waals surface area contributed by atoms with E-state index >= 15 is 0 Å². The highest BCUT2D eigenvalue weighted by molar-refractivity contribution is 5.81. The molecule has 3 heterocycles. The summed E-state index contributed by atoms with van der Waals surface area (Å²) in [5.41, 5.74) is 2.54. The SMILES string of the molecule is c1cnc2c(CN3CCN4CCCCC4C3)cccc2c1. The molecule has 2 fully saturated rings. The molecule has 2 aromatic rings. The topological polar surface area (TPSA) is 19.4 Å². The minimum atomic E-state index is 0.787. The van der Waals surface area contributed by atoms with Gasteiger partial charge in [-0.25, -0.2) is 0 Å². The molecule has 1 aromatic carbocycles. The number of nitrogens with zero attached hydrogens (tertiary/aromatic N) is 3. The van der Waals surface area contributed by atoms with Gasteiger partial charge in [0.1, 0.15) is 0 Å². The molecule has 2 aliphatic rings. The fourth-order valence-corrected chi connectivity index (χ4v) is 3.90. The van der Waals surface area contributed by atoms with Gasteiger partial charge in [0.15, 0.2) is 0 Å². The third-order valence-corrected chi connectivity index (χ3v) is 5.03. The van der Waals surface area contributed by atoms with Gasteiger partial charge in [-0.2, -0.15) is 0 Å². The zero-order valence-electron chi connectivity index (χ0n) is 12.5. The summed E-state index contributed by atoms with van der Waals surface area (Å²) in [7, 11) is 0. The highest BCUT2D eigenvalue weighted by Crippen LogP contribution is 2.23. The van der Waals surface area contributed by atoms with E-state index in [1.54, 1.807) is 0 Å². The number of pyridine rings is 1. The van der Waals surface area contributed by atoms with E-state index in [0.717, 1.165) is 12.6 Å². The van der Waals surface area contributed by atoms with Crippen LogP contribution in [0.3, 0.4) is 0 Å². The Balaban J connectivity index is 1.52. The molecule has 0 saturated carbocycles. The van der Waals surface area contributed by atoms with Crippen molar-refractivity contribution >= 4 is 10.9 Å². The van der Waals surface area contributed by atoms with E-state index in [1.165, 1.54) is 61.9 Å². The molecule has 0 bridgehead atoms. The summed E-state index contributed by atoms with van der Waals surface area (Å²) in [5.74, 6) is 0. The Kier molecular flexibility index (Phi) is 3.62. The molecule has 4 rings (SSSR count). The number of piperidine rings is 1. The first kappa shape index (κ1) is 13.2. The summed E-state index contributed by atoms with van der Waals surface area (Å²) in [4.78, 5) is 9.91. The van der Waals surface area contributed by atoms with E-state index in [2.05, 4.69) is 39.0 Å². The van der Waals surface area contributed by atoms with E-state index in [9.17, 15) is 0 Å². The average Bonchev–Trinajstić information content (AvgIpc) is 2.55. The maximum atomic E-state index is 4.59. The second kappa shape index (κ2) is 5.74. The number of benzene rings is 1. The molecule has 21 heavy (non-hydrogen) atoms. The minimum absolute atomic E-state index is 0.787. The standard InChI is InChI=1S/C18H23N3/c1-2-10-21-12-11-20(14-17(21)8-1)13-16-6-3-5-15-7-4-9-19-18(15)16/h3-7,9,17H,1-2,8,10-14H2. The van der Waals surface area contributed by atoms with Crippen molar-refractivity contribution in [1.82, 2.24) is 14.8 Å². The van der Waals surface area contributed by atoms with Crippen LogP contribution in [0, 0.1) is 0 Å². The van der Waals surface area contributed by atoms with E-state index in [4.69, 9.17) is 0 Å². The zero-order chi connectivity index (χ0) is 14.1. The van der Waals surface area contributed by atoms with Gasteiger partial charge in [0, 0.05) is 43.8 Å². The van der Waals surface area contributed by atoms with Crippen molar-refractivity contribution < 1.29 is 0 Å². The van der Waals surface area contributed by atoms with E-state index in [0.29, 0.717) is 0 Å². The number of hydrogen-bond donors (Lipinski definition) is 0. The van der Waals surface area contributed by atoms with Gasteiger partial charge in [-0.1, -0.05) is 30.7 Å². The molecule has 0 N–H and O–H groups in total. The normalized spacial score (nSPS) is 24.1. The smallest absolute Gasteiger partial charge is 0.0746 e. The Hall–Kier alpha value is -1.45. The molecule has 3 heteroatoms. The monoisotopic (exact) mass is 281 g/mol. The van der Waals surface area contributed by atoms with Gasteiger partial charge in [-0.05, 0) is 31.0 Å². The number of para-hydroxylation sites is 1. The van der Waals surface area contributed by atoms with Crippen LogP contribution in [0.5, 0.6) is 0 Å². The van der Waals surface area contributed by atoms with Crippen LogP contribution in [-0.4, -0.2) is 47.0 Å². The molecular weight excluding hydrogens is 258 g/mol. The van der Waals surface area contributed by atoms with Gasteiger partial charge in [-0.15, -0.1) is 0 Å². The third-order valence-electron chi connectivity index (χ3n) is 5.03. The first-order valence-corrected chi connectivity index (χ1v) is 8.19. The summed E-state index contributed by atoms with van der Waals surface area (Å²) in [6.45, 7) is 6.01. The Morgan fingerprint density at radius 3 is 3.00 bits per heavy atom. The van der Waals surface area contributed by atoms with Crippen LogP contribution in [0.15, 0.2) is 36.5 Å². The fourth-order valence-electron chi connectivity index (χ4n) is 3.90. The molecule has 0 aliphatic carbocycles. The van der Waals surface area contributed by atoms with E-state index in [1.807, 2.05) is 12.3 Å². The number of piperazine rings is 1. The summed E-state index contributed by atoms with van der Waals surface area (Å²) >= 11 is 0. The molecule has 110 valence electrons. The summed E-state index contributed by atoms with van der Waals surface area (Å²) in [6, 6.07) is 11.5. The van der Waals surface area contributed by atoms with Gasteiger partial charge in [0.2, 0.25) is 0 Å². The minimum Gasteiger partial charge on any atom is -0.298 e. The second-order valence-corrected chi connectivity index (χ2v) is 6.41. The lowest BCUT2D eigenvalue weighted by Gasteiger charge is -2.44. The van der Waals surface area contributed by atoms with Gasteiger partial charge >= 0.3 is 0 Å². The first-order chi connectivity index (χ1) is 10.4. The number of aromatic nitrogens is 1. The van der Waals surface area contributed by atoms with Gasteiger partial charge in [-0.3, -0.25) is 14.8 Å². The Labute approximate surface area is 126 Å². The van der Waals surface area contributed by atoms with Gasteiger partial charge in [0.05, 0.1) is 5.52 Å². The second-order valence-electron chi connectivity index (χ2n) is 6.41. The lowest BCUT2D eigenvalue weighted by atomic mass is 9.99. The highest BCUT2D eigenvalue weighted by Gasteiger charge is 2.28. The highest BCUT2D eigenvalue weighted by atomic mass is 15.3. The van der Waals surface area contributed by atoms with Gasteiger partial charge < -0.3 is 0 Å². The van der Waals surface area contributed by atoms with Crippen LogP contribution in [0.4, 0.5) is 0 Å². The average molecular weight is 281 g/mol. The lowest BCUT2D eigenvalue weighted by molar-refractivity contribution is 0.0458. The number of rotatable bonds is 2. The third kappa shape index (κ3) is 2.68. The molecule has 1 aromatic heterocycles. The van der Waals surface area contributed by atoms with Crippen LogP contribution in [0.25, 0.3) is 10.9 Å². The van der Waals surface area contributed by atoms with Crippen molar-refractivity contribution in [1.29, 1.82) is 0 Å². The van der Waals surface area contributed by atoms with Crippen molar-refractivity contribution in [2.75, 3.05) is 26.2 Å². The maximum Gasteiger partial charge on any atom is 0.0746 e. The largest absolute Gasteiger partial charge is 0.298 e. The number of fused-ring (bicyclic) bond motifs is 2. The summed E-state index contributed by atoms with van der Waals surface area (Å²) in [5, 5.41) is 1.26. The molecule has 1 unspecified atom stereocenters. The van der Waals surface area contributed by atoms with Crippen LogP contribution in [0.1, 0.15) is 24.8 Å². The summed E-state index contributed by atoms with van der Waals surface area (Å²) in [6.07, 6.45) is 6.09. The van der Waals surface area contributed by atoms with Crippen molar-refractivity contribution in [3.8, 4) is 0 Å². The fraction of sp³-hybridized carbons (Fsp3) is 0.500. The predicted molar refractivity (Wildman–Crippen MR) is 86.2 cm³/mol. The Morgan fingerprint density at radius 1 is 1.05 bits per heavy atom. The molecule has 0 amide bonds. The van der Waals surface area contributed by atoms with Crippen LogP contribution in [-0.2, 0) is 6.54 Å². The molecule has 2 aliphatic heterocycles. The van der Waals surface area contributed by atoms with Crippen LogP contribution in [0.2, 0.25) is 0 Å². The molecule has 1 atom stereocenters. The van der Waals surface area contributed by atoms with Crippen molar-refractivity contribution in [2.24, 2.45) is 0 Å². The molecule has 3 nitrogen and oxygen atoms in total. The quantitative estimate of drug-likeness (QED) is 0.844. The van der Waals surface area contributed by atoms with Gasteiger partial charge in [0.25, 0.3) is 0 Å². The van der Waals surface area contributed by atoms with E-state index in [-0.39, 0.29) is 0 Å².